The molecule has 33 heavy (non-hydrogen) atoms. The van der Waals surface area contributed by atoms with Gasteiger partial charge in [0, 0.05) is 36.7 Å². The summed E-state index contributed by atoms with van der Waals surface area (Å²) >= 11 is 0. The molecule has 172 valence electrons. The van der Waals surface area contributed by atoms with Crippen molar-refractivity contribution in [2.75, 3.05) is 44.7 Å². The number of hydrogen-bond donors (Lipinski definition) is 1. The van der Waals surface area contributed by atoms with E-state index in [0.29, 0.717) is 30.0 Å². The van der Waals surface area contributed by atoms with Crippen molar-refractivity contribution in [3.63, 3.8) is 0 Å². The number of hydrogen-bond acceptors (Lipinski definition) is 8. The Morgan fingerprint density at radius 2 is 2.09 bits per heavy atom. The predicted octanol–water partition coefficient (Wildman–Crippen LogP) is 2.58. The fraction of sp³-hybridized carbons (Fsp3) is 0.480. The zero-order valence-corrected chi connectivity index (χ0v) is 19.0. The number of ether oxygens (including phenoxy) is 2. The van der Waals surface area contributed by atoms with E-state index in [1.807, 2.05) is 19.1 Å². The van der Waals surface area contributed by atoms with E-state index < -0.39 is 6.10 Å². The van der Waals surface area contributed by atoms with E-state index in [1.54, 1.807) is 19.4 Å². The second-order valence-electron chi connectivity index (χ2n) is 9.41. The number of anilines is 1. The van der Waals surface area contributed by atoms with E-state index in [1.165, 1.54) is 0 Å². The molecule has 2 fully saturated rings. The number of esters is 1. The van der Waals surface area contributed by atoms with Gasteiger partial charge in [0.2, 0.25) is 0 Å². The maximum absolute atomic E-state index is 11.8. The number of aromatic nitrogens is 1. The third-order valence-electron chi connectivity index (χ3n) is 7.48. The number of rotatable bonds is 5. The molecule has 1 aromatic heterocycles. The van der Waals surface area contributed by atoms with Crippen molar-refractivity contribution in [3.8, 4) is 11.8 Å². The number of benzene rings is 1. The Balaban J connectivity index is 1.17. The van der Waals surface area contributed by atoms with Crippen molar-refractivity contribution in [2.45, 2.75) is 32.5 Å². The first kappa shape index (κ1) is 21.7. The van der Waals surface area contributed by atoms with Crippen LogP contribution in [-0.4, -0.2) is 60.8 Å². The van der Waals surface area contributed by atoms with Gasteiger partial charge in [0.1, 0.15) is 29.8 Å². The van der Waals surface area contributed by atoms with Gasteiger partial charge < -0.3 is 24.4 Å². The lowest BCUT2D eigenvalue weighted by atomic mass is 9.72. The van der Waals surface area contributed by atoms with Gasteiger partial charge in [0.15, 0.2) is 0 Å². The first-order chi connectivity index (χ1) is 15.9. The summed E-state index contributed by atoms with van der Waals surface area (Å²) in [6.45, 7) is 6.62. The highest BCUT2D eigenvalue weighted by molar-refractivity contribution is 5.93. The number of carbonyl (C=O) groups is 1. The molecule has 0 radical (unpaired) electrons. The zero-order chi connectivity index (χ0) is 23.2. The quantitative estimate of drug-likeness (QED) is 0.697. The summed E-state index contributed by atoms with van der Waals surface area (Å²) in [6, 6.07) is 7.58. The van der Waals surface area contributed by atoms with Gasteiger partial charge in [-0.15, -0.1) is 0 Å². The Hall–Kier alpha value is -3.15. The number of methoxy groups -OCH3 is 1. The smallest absolute Gasteiger partial charge is 0.338 e. The van der Waals surface area contributed by atoms with E-state index in [2.05, 4.69) is 20.9 Å². The first-order valence-electron chi connectivity index (χ1n) is 11.3. The lowest BCUT2D eigenvalue weighted by Gasteiger charge is -2.54. The molecule has 8 nitrogen and oxygen atoms in total. The molecular formula is C25H28N4O4. The van der Waals surface area contributed by atoms with E-state index in [4.69, 9.17) is 14.7 Å². The SMILES string of the molecule is COc1cc(N2CC3(CCN(CC(O)c4ccc5c(c4C)COC5=O)CC3)C2)ncc1C#N. The maximum atomic E-state index is 11.8. The monoisotopic (exact) mass is 448 g/mol. The predicted molar refractivity (Wildman–Crippen MR) is 121 cm³/mol. The van der Waals surface area contributed by atoms with E-state index in [-0.39, 0.29) is 11.4 Å². The van der Waals surface area contributed by atoms with Crippen molar-refractivity contribution in [2.24, 2.45) is 5.41 Å². The number of pyridine rings is 1. The molecule has 0 bridgehead atoms. The van der Waals surface area contributed by atoms with Crippen LogP contribution in [0.3, 0.4) is 0 Å². The lowest BCUT2D eigenvalue weighted by Crippen LogP contribution is -2.60. The third-order valence-corrected chi connectivity index (χ3v) is 7.48. The standard InChI is InChI=1S/C25H28N4O4/c1-16-18(3-4-19-20(16)13-33-24(19)31)21(30)12-28-7-5-25(6-8-28)14-29(15-25)23-9-22(32-2)17(10-26)11-27-23/h3-4,9,11,21,30H,5-8,12-15H2,1-2H3. The third kappa shape index (κ3) is 3.81. The number of cyclic esters (lactones) is 1. The molecule has 3 aliphatic heterocycles. The van der Waals surface area contributed by atoms with Crippen LogP contribution in [0, 0.1) is 23.7 Å². The van der Waals surface area contributed by atoms with Crippen LogP contribution in [-0.2, 0) is 11.3 Å². The molecule has 2 saturated heterocycles. The lowest BCUT2D eigenvalue weighted by molar-refractivity contribution is 0.0424. The number of carbonyl (C=O) groups excluding carboxylic acids is 1. The number of piperidine rings is 1. The van der Waals surface area contributed by atoms with Gasteiger partial charge in [-0.3, -0.25) is 0 Å². The molecule has 0 aliphatic carbocycles. The molecular weight excluding hydrogens is 420 g/mol. The van der Waals surface area contributed by atoms with Crippen LogP contribution in [0.5, 0.6) is 5.75 Å². The van der Waals surface area contributed by atoms with E-state index in [9.17, 15) is 9.90 Å². The van der Waals surface area contributed by atoms with Crippen molar-refractivity contribution in [1.29, 1.82) is 5.26 Å². The Kier molecular flexibility index (Phi) is 5.47. The molecule has 5 rings (SSSR count). The van der Waals surface area contributed by atoms with Crippen LogP contribution in [0.1, 0.15) is 51.6 Å². The van der Waals surface area contributed by atoms with Crippen LogP contribution in [0.2, 0.25) is 0 Å². The summed E-state index contributed by atoms with van der Waals surface area (Å²) in [5, 5.41) is 20.1. The Bertz CT molecular complexity index is 1130. The minimum Gasteiger partial charge on any atom is -0.495 e. The number of fused-ring (bicyclic) bond motifs is 1. The van der Waals surface area contributed by atoms with Gasteiger partial charge in [-0.1, -0.05) is 6.07 Å². The number of likely N-dealkylation sites (tertiary alicyclic amines) is 1. The minimum absolute atomic E-state index is 0.278. The highest BCUT2D eigenvalue weighted by Crippen LogP contribution is 2.43. The van der Waals surface area contributed by atoms with Gasteiger partial charge in [-0.05, 0) is 50.0 Å². The Morgan fingerprint density at radius 1 is 1.33 bits per heavy atom. The largest absolute Gasteiger partial charge is 0.495 e. The van der Waals surface area contributed by atoms with Crippen LogP contribution in [0.4, 0.5) is 5.82 Å². The van der Waals surface area contributed by atoms with Crippen LogP contribution in [0.15, 0.2) is 24.4 Å². The molecule has 1 N–H and O–H groups in total. The molecule has 4 heterocycles. The van der Waals surface area contributed by atoms with Crippen molar-refractivity contribution >= 4 is 11.8 Å². The van der Waals surface area contributed by atoms with Crippen LogP contribution >= 0.6 is 0 Å². The minimum atomic E-state index is -0.590. The van der Waals surface area contributed by atoms with E-state index >= 15 is 0 Å². The number of nitriles is 1. The number of β-amino-alcohol motifs (C(OH)–C–C–N with tert-alkyl or cyclic N) is 1. The van der Waals surface area contributed by atoms with Gasteiger partial charge in [0.05, 0.1) is 25.0 Å². The number of nitrogens with zero attached hydrogens (tertiary/aromatic N) is 4. The summed E-state index contributed by atoms with van der Waals surface area (Å²) < 4.78 is 10.5. The molecule has 0 amide bonds. The Morgan fingerprint density at radius 3 is 2.79 bits per heavy atom. The average molecular weight is 449 g/mol. The summed E-state index contributed by atoms with van der Waals surface area (Å²) in [5.41, 5.74) is 4.08. The molecule has 1 atom stereocenters. The number of aliphatic hydroxyl groups is 1. The maximum Gasteiger partial charge on any atom is 0.338 e. The summed E-state index contributed by atoms with van der Waals surface area (Å²) in [6.07, 6.45) is 3.14. The highest BCUT2D eigenvalue weighted by atomic mass is 16.5. The molecule has 1 spiro atoms. The summed E-state index contributed by atoms with van der Waals surface area (Å²) in [7, 11) is 1.57. The van der Waals surface area contributed by atoms with Crippen molar-refractivity contribution in [1.82, 2.24) is 9.88 Å². The molecule has 1 unspecified atom stereocenters. The summed E-state index contributed by atoms with van der Waals surface area (Å²) in [5.74, 6) is 1.13. The van der Waals surface area contributed by atoms with Crippen molar-refractivity contribution in [3.05, 3.63) is 52.2 Å². The number of aliphatic hydroxyl groups excluding tert-OH is 1. The topological polar surface area (TPSA) is 98.9 Å². The van der Waals surface area contributed by atoms with Crippen molar-refractivity contribution < 1.29 is 19.4 Å². The van der Waals surface area contributed by atoms with Gasteiger partial charge in [0.25, 0.3) is 0 Å². The van der Waals surface area contributed by atoms with E-state index in [0.717, 1.165) is 61.5 Å². The van der Waals surface area contributed by atoms with Gasteiger partial charge in [-0.25, -0.2) is 9.78 Å². The van der Waals surface area contributed by atoms with Crippen LogP contribution in [0.25, 0.3) is 0 Å². The molecule has 8 heteroatoms. The fourth-order valence-electron chi connectivity index (χ4n) is 5.38. The van der Waals surface area contributed by atoms with Gasteiger partial charge in [-0.2, -0.15) is 5.26 Å². The first-order valence-corrected chi connectivity index (χ1v) is 11.3. The summed E-state index contributed by atoms with van der Waals surface area (Å²) in [4.78, 5) is 20.8. The van der Waals surface area contributed by atoms with Gasteiger partial charge >= 0.3 is 5.97 Å². The average Bonchev–Trinajstić information content (AvgIpc) is 3.19. The molecule has 1 aromatic carbocycles. The second-order valence-corrected chi connectivity index (χ2v) is 9.41. The molecule has 0 saturated carbocycles. The highest BCUT2D eigenvalue weighted by Gasteiger charge is 2.45. The normalized spacial score (nSPS) is 20.1. The molecule has 2 aromatic rings. The fourth-order valence-corrected chi connectivity index (χ4v) is 5.38. The zero-order valence-electron chi connectivity index (χ0n) is 19.0. The Labute approximate surface area is 193 Å². The van der Waals surface area contributed by atoms with Crippen LogP contribution < -0.4 is 9.64 Å². The molecule has 3 aliphatic rings. The second kappa shape index (κ2) is 8.32.